The molecule has 0 aromatic carbocycles. The largest absolute Gasteiger partial charge is 0.480 e. The van der Waals surface area contributed by atoms with Crippen molar-refractivity contribution in [3.63, 3.8) is 0 Å². The summed E-state index contributed by atoms with van der Waals surface area (Å²) in [4.78, 5) is 10.9. The summed E-state index contributed by atoms with van der Waals surface area (Å²) in [5, 5.41) is 8.93. The number of aliphatic carboxylic acids is 1. The number of carbonyl (C=O) groups is 1. The third-order valence-corrected chi connectivity index (χ3v) is 3.42. The van der Waals surface area contributed by atoms with Crippen molar-refractivity contribution in [2.75, 3.05) is 6.61 Å². The first kappa shape index (κ1) is 15.7. The molecule has 0 spiro atoms. The monoisotopic (exact) mass is 289 g/mol. The first-order valence-corrected chi connectivity index (χ1v) is 6.75. The van der Waals surface area contributed by atoms with Crippen molar-refractivity contribution in [3.05, 3.63) is 0 Å². The number of nitrogens with two attached hydrogens (primary N) is 1. The normalized spacial score (nSPS) is 37.0. The Hall–Kier alpha value is -0.730. The molecule has 2 saturated heterocycles. The molecule has 7 nitrogen and oxygen atoms in total. The molecule has 0 radical (unpaired) electrons. The van der Waals surface area contributed by atoms with E-state index in [0.717, 1.165) is 0 Å². The number of ether oxygens (including phenoxy) is 4. The highest BCUT2D eigenvalue weighted by Gasteiger charge is 2.50. The van der Waals surface area contributed by atoms with E-state index in [1.165, 1.54) is 0 Å². The van der Waals surface area contributed by atoms with Crippen molar-refractivity contribution < 1.29 is 28.8 Å². The highest BCUT2D eigenvalue weighted by molar-refractivity contribution is 5.73. The fraction of sp³-hybridized carbons (Fsp3) is 0.923. The molecule has 3 N–H and O–H groups in total. The topological polar surface area (TPSA) is 100 Å². The lowest BCUT2D eigenvalue weighted by Gasteiger charge is -2.24. The van der Waals surface area contributed by atoms with Crippen molar-refractivity contribution in [3.8, 4) is 0 Å². The zero-order valence-corrected chi connectivity index (χ0v) is 12.3. The van der Waals surface area contributed by atoms with Gasteiger partial charge in [-0.25, -0.2) is 0 Å². The van der Waals surface area contributed by atoms with Crippen molar-refractivity contribution in [1.82, 2.24) is 0 Å². The lowest BCUT2D eigenvalue weighted by Crippen LogP contribution is -2.43. The van der Waals surface area contributed by atoms with Crippen molar-refractivity contribution in [1.29, 1.82) is 0 Å². The maximum Gasteiger partial charge on any atom is 0.320 e. The highest BCUT2D eigenvalue weighted by atomic mass is 16.8. The van der Waals surface area contributed by atoms with Crippen molar-refractivity contribution in [2.24, 2.45) is 5.73 Å². The second-order valence-corrected chi connectivity index (χ2v) is 6.19. The first-order valence-electron chi connectivity index (χ1n) is 6.75. The van der Waals surface area contributed by atoms with Crippen LogP contribution in [-0.4, -0.2) is 53.6 Å². The molecule has 7 heteroatoms. The molecule has 0 aliphatic carbocycles. The van der Waals surface area contributed by atoms with Gasteiger partial charge in [-0.05, 0) is 27.7 Å². The van der Waals surface area contributed by atoms with Crippen LogP contribution in [0, 0.1) is 0 Å². The van der Waals surface area contributed by atoms with E-state index in [-0.39, 0.29) is 12.5 Å². The molecule has 2 heterocycles. The van der Waals surface area contributed by atoms with Crippen LogP contribution in [0.25, 0.3) is 0 Å². The molecule has 4 atom stereocenters. The summed E-state index contributed by atoms with van der Waals surface area (Å²) >= 11 is 0. The number of hydrogen-bond acceptors (Lipinski definition) is 6. The fourth-order valence-corrected chi connectivity index (χ4v) is 2.59. The Morgan fingerprint density at radius 1 is 1.25 bits per heavy atom. The number of hydrogen-bond donors (Lipinski definition) is 2. The van der Waals surface area contributed by atoms with E-state index in [2.05, 4.69) is 0 Å². The molecule has 20 heavy (non-hydrogen) atoms. The van der Waals surface area contributed by atoms with Crippen molar-refractivity contribution in [2.45, 2.75) is 70.0 Å². The summed E-state index contributed by atoms with van der Waals surface area (Å²) in [5.74, 6) is -2.51. The first-order chi connectivity index (χ1) is 9.10. The van der Waals surface area contributed by atoms with Crippen LogP contribution in [0.5, 0.6) is 0 Å². The summed E-state index contributed by atoms with van der Waals surface area (Å²) in [6.45, 7) is 7.61. The molecule has 0 aromatic rings. The average Bonchev–Trinajstić information content (AvgIpc) is 2.78. The lowest BCUT2D eigenvalue weighted by molar-refractivity contribution is -0.174. The number of rotatable bonds is 4. The summed E-state index contributed by atoms with van der Waals surface area (Å²) in [5.41, 5.74) is 5.59. The molecule has 0 saturated carbocycles. The van der Waals surface area contributed by atoms with E-state index in [1.807, 2.05) is 13.8 Å². The highest BCUT2D eigenvalue weighted by Crippen LogP contribution is 2.36. The predicted molar refractivity (Wildman–Crippen MR) is 69.0 cm³/mol. The van der Waals surface area contributed by atoms with Gasteiger partial charge in [0.15, 0.2) is 11.6 Å². The Balaban J connectivity index is 2.06. The molecule has 2 fully saturated rings. The molecule has 116 valence electrons. The molecular weight excluding hydrogens is 266 g/mol. The van der Waals surface area contributed by atoms with Crippen LogP contribution in [-0.2, 0) is 23.7 Å². The van der Waals surface area contributed by atoms with E-state index >= 15 is 0 Å². The predicted octanol–water partition coefficient (Wildman–Crippen LogP) is 0.460. The quantitative estimate of drug-likeness (QED) is 0.775. The molecule has 0 bridgehead atoms. The van der Waals surface area contributed by atoms with E-state index in [1.54, 1.807) is 13.8 Å². The maximum atomic E-state index is 10.9. The zero-order valence-electron chi connectivity index (χ0n) is 12.3. The summed E-state index contributed by atoms with van der Waals surface area (Å²) in [7, 11) is 0. The summed E-state index contributed by atoms with van der Waals surface area (Å²) < 4.78 is 22.9. The minimum absolute atomic E-state index is 0.170. The van der Waals surface area contributed by atoms with Gasteiger partial charge in [0.25, 0.3) is 0 Å². The van der Waals surface area contributed by atoms with Gasteiger partial charge in [-0.15, -0.1) is 0 Å². The van der Waals surface area contributed by atoms with Crippen LogP contribution in [0.15, 0.2) is 0 Å². The lowest BCUT2D eigenvalue weighted by atomic mass is 10.0. The Bertz CT molecular complexity index is 383. The van der Waals surface area contributed by atoms with Crippen LogP contribution in [0.1, 0.15) is 34.1 Å². The van der Waals surface area contributed by atoms with Gasteiger partial charge in [0, 0.05) is 6.42 Å². The number of carboxylic acid groups (broad SMARTS) is 1. The SMILES string of the molecule is CC1(C)OC[C@@H]([C@H]2OC(C)(C)O[C@@H]2C[C@@H](N)C(=O)O)O1. The standard InChI is InChI=1S/C13H23NO6/c1-12(2)17-6-9(19-12)10-8(5-7(14)11(15)16)18-13(3,4)20-10/h7-10H,5-6,14H2,1-4H3,(H,15,16)/t7-,8-,9+,10+/m1/s1. The van der Waals surface area contributed by atoms with Crippen molar-refractivity contribution >= 4 is 5.97 Å². The van der Waals surface area contributed by atoms with Crippen LogP contribution < -0.4 is 5.73 Å². The van der Waals surface area contributed by atoms with Gasteiger partial charge in [-0.2, -0.15) is 0 Å². The maximum absolute atomic E-state index is 10.9. The molecular formula is C13H23NO6. The van der Waals surface area contributed by atoms with Gasteiger partial charge >= 0.3 is 5.97 Å². The van der Waals surface area contributed by atoms with Gasteiger partial charge in [0.1, 0.15) is 18.2 Å². The molecule has 0 unspecified atom stereocenters. The third kappa shape index (κ3) is 3.48. The smallest absolute Gasteiger partial charge is 0.320 e. The van der Waals surface area contributed by atoms with Gasteiger partial charge in [0.05, 0.1) is 12.7 Å². The van der Waals surface area contributed by atoms with Crippen LogP contribution in [0.2, 0.25) is 0 Å². The van der Waals surface area contributed by atoms with E-state index in [4.69, 9.17) is 29.8 Å². The summed E-state index contributed by atoms with van der Waals surface area (Å²) in [6, 6.07) is -0.990. The molecule has 0 aromatic heterocycles. The van der Waals surface area contributed by atoms with E-state index in [9.17, 15) is 4.79 Å². The van der Waals surface area contributed by atoms with Crippen LogP contribution in [0.3, 0.4) is 0 Å². The summed E-state index contributed by atoms with van der Waals surface area (Å²) in [6.07, 6.45) is -0.947. The molecule has 2 aliphatic rings. The number of carboxylic acids is 1. The third-order valence-electron chi connectivity index (χ3n) is 3.42. The van der Waals surface area contributed by atoms with E-state index < -0.39 is 35.8 Å². The fourth-order valence-electron chi connectivity index (χ4n) is 2.59. The minimum Gasteiger partial charge on any atom is -0.480 e. The van der Waals surface area contributed by atoms with Crippen LogP contribution >= 0.6 is 0 Å². The minimum atomic E-state index is -1.05. The van der Waals surface area contributed by atoms with Gasteiger partial charge in [-0.1, -0.05) is 0 Å². The van der Waals surface area contributed by atoms with Crippen LogP contribution in [0.4, 0.5) is 0 Å². The Kier molecular flexibility index (Phi) is 4.10. The zero-order chi connectivity index (χ0) is 15.1. The second-order valence-electron chi connectivity index (χ2n) is 6.19. The Morgan fingerprint density at radius 2 is 1.90 bits per heavy atom. The molecule has 2 aliphatic heterocycles. The Labute approximate surface area is 118 Å². The van der Waals surface area contributed by atoms with Gasteiger partial charge in [0.2, 0.25) is 0 Å². The average molecular weight is 289 g/mol. The van der Waals surface area contributed by atoms with Gasteiger partial charge in [-0.3, -0.25) is 4.79 Å². The second kappa shape index (κ2) is 5.23. The molecule has 2 rings (SSSR count). The molecule has 0 amide bonds. The van der Waals surface area contributed by atoms with Gasteiger partial charge < -0.3 is 29.8 Å². The van der Waals surface area contributed by atoms with E-state index in [0.29, 0.717) is 6.61 Å². The Morgan fingerprint density at radius 3 is 2.40 bits per heavy atom.